The second kappa shape index (κ2) is 8.74. The third-order valence-electron chi connectivity index (χ3n) is 4.27. The van der Waals surface area contributed by atoms with Crippen LogP contribution in [0.15, 0.2) is 53.5 Å². The third-order valence-corrected chi connectivity index (χ3v) is 4.50. The minimum Gasteiger partial charge on any atom is -0.497 e. The molecule has 0 fully saturated rings. The van der Waals surface area contributed by atoms with Gasteiger partial charge in [0.25, 0.3) is 0 Å². The molecule has 1 aromatic heterocycles. The molecule has 1 N–H and O–H groups in total. The molecule has 150 valence electrons. The first kappa shape index (κ1) is 20.3. The lowest BCUT2D eigenvalue weighted by molar-refractivity contribution is -0.119. The van der Waals surface area contributed by atoms with Gasteiger partial charge in [-0.05, 0) is 49.4 Å². The molecule has 0 saturated carbocycles. The molecule has 0 saturated heterocycles. The van der Waals surface area contributed by atoms with E-state index in [1.807, 2.05) is 0 Å². The highest BCUT2D eigenvalue weighted by Crippen LogP contribution is 2.28. The molecule has 3 aromatic rings. The maximum absolute atomic E-state index is 12.6. The predicted octanol–water partition coefficient (Wildman–Crippen LogP) is 3.18. The zero-order valence-electron chi connectivity index (χ0n) is 16.0. The van der Waals surface area contributed by atoms with Crippen LogP contribution in [-0.4, -0.2) is 34.9 Å². The van der Waals surface area contributed by atoms with Crippen LogP contribution in [0.3, 0.4) is 0 Å². The third kappa shape index (κ3) is 4.55. The van der Waals surface area contributed by atoms with Crippen molar-refractivity contribution in [2.45, 2.75) is 13.0 Å². The summed E-state index contributed by atoms with van der Waals surface area (Å²) in [5, 5.41) is 7.25. The van der Waals surface area contributed by atoms with Crippen molar-refractivity contribution in [3.05, 3.63) is 64.2 Å². The smallest absolute Gasteiger partial charge is 0.365 e. The minimum atomic E-state index is -0.899. The molecule has 9 heteroatoms. The molecule has 0 radical (unpaired) electrons. The standard InChI is InChI=1S/C20H19ClN4O4/c1-12(19(26)23-16-10-14(21)6-9-18(16)29-3)25-20(27)24-17(11-22-25)13-4-7-15(28-2)8-5-13/h4-12H,1-3H3,(H,23,26)/t12-/m1/s1. The van der Waals surface area contributed by atoms with Crippen LogP contribution in [0.2, 0.25) is 5.02 Å². The Hall–Kier alpha value is -3.39. The molecule has 0 aliphatic rings. The summed E-state index contributed by atoms with van der Waals surface area (Å²) in [5.74, 6) is 0.680. The Morgan fingerprint density at radius 3 is 2.48 bits per heavy atom. The predicted molar refractivity (Wildman–Crippen MR) is 110 cm³/mol. The topological polar surface area (TPSA) is 95.3 Å². The number of benzene rings is 2. The molecule has 1 amide bonds. The molecule has 0 bridgehead atoms. The van der Waals surface area contributed by atoms with Gasteiger partial charge in [-0.3, -0.25) is 4.79 Å². The van der Waals surface area contributed by atoms with E-state index in [0.717, 1.165) is 4.68 Å². The number of nitrogens with zero attached hydrogens (tertiary/aromatic N) is 3. The molecule has 2 aromatic carbocycles. The van der Waals surface area contributed by atoms with Crippen LogP contribution >= 0.6 is 11.6 Å². The van der Waals surface area contributed by atoms with Gasteiger partial charge in [-0.25, -0.2) is 9.48 Å². The van der Waals surface area contributed by atoms with Crippen molar-refractivity contribution in [2.75, 3.05) is 19.5 Å². The van der Waals surface area contributed by atoms with Crippen LogP contribution in [0.25, 0.3) is 11.3 Å². The molecule has 0 spiro atoms. The fourth-order valence-electron chi connectivity index (χ4n) is 2.64. The summed E-state index contributed by atoms with van der Waals surface area (Å²) >= 11 is 5.98. The van der Waals surface area contributed by atoms with Crippen molar-refractivity contribution in [3.63, 3.8) is 0 Å². The summed E-state index contributed by atoms with van der Waals surface area (Å²) in [6, 6.07) is 11.0. The van der Waals surface area contributed by atoms with Gasteiger partial charge in [0.2, 0.25) is 5.91 Å². The van der Waals surface area contributed by atoms with Crippen molar-refractivity contribution in [1.82, 2.24) is 14.8 Å². The number of halogens is 1. The highest BCUT2D eigenvalue weighted by Gasteiger charge is 2.20. The fraction of sp³-hybridized carbons (Fsp3) is 0.200. The number of aromatic nitrogens is 3. The highest BCUT2D eigenvalue weighted by atomic mass is 35.5. The van der Waals surface area contributed by atoms with E-state index in [-0.39, 0.29) is 0 Å². The number of carbonyl (C=O) groups is 1. The van der Waals surface area contributed by atoms with E-state index in [4.69, 9.17) is 21.1 Å². The molecule has 8 nitrogen and oxygen atoms in total. The summed E-state index contributed by atoms with van der Waals surface area (Å²) < 4.78 is 11.3. The van der Waals surface area contributed by atoms with Crippen LogP contribution in [0, 0.1) is 0 Å². The zero-order valence-corrected chi connectivity index (χ0v) is 16.8. The molecule has 0 unspecified atom stereocenters. The van der Waals surface area contributed by atoms with Crippen LogP contribution in [0.5, 0.6) is 11.5 Å². The van der Waals surface area contributed by atoms with Crippen molar-refractivity contribution in [3.8, 4) is 22.8 Å². The van der Waals surface area contributed by atoms with Crippen molar-refractivity contribution in [2.24, 2.45) is 0 Å². The van der Waals surface area contributed by atoms with Gasteiger partial charge >= 0.3 is 5.69 Å². The molecular weight excluding hydrogens is 396 g/mol. The van der Waals surface area contributed by atoms with E-state index in [2.05, 4.69) is 15.4 Å². The number of nitrogens with one attached hydrogen (secondary N) is 1. The molecule has 1 heterocycles. The van der Waals surface area contributed by atoms with E-state index < -0.39 is 17.6 Å². The number of methoxy groups -OCH3 is 2. The number of hydrogen-bond donors (Lipinski definition) is 1. The van der Waals surface area contributed by atoms with Gasteiger partial charge in [-0.2, -0.15) is 10.1 Å². The van der Waals surface area contributed by atoms with E-state index in [9.17, 15) is 9.59 Å². The number of anilines is 1. The SMILES string of the molecule is COc1ccc(-c2cnn([C@H](C)C(=O)Nc3cc(Cl)ccc3OC)c(=O)n2)cc1. The first-order valence-electron chi connectivity index (χ1n) is 8.67. The Balaban J connectivity index is 1.82. The quantitative estimate of drug-likeness (QED) is 0.665. The van der Waals surface area contributed by atoms with Crippen LogP contribution in [0.1, 0.15) is 13.0 Å². The van der Waals surface area contributed by atoms with Gasteiger partial charge in [0.1, 0.15) is 17.5 Å². The van der Waals surface area contributed by atoms with Crippen LogP contribution < -0.4 is 20.5 Å². The average molecular weight is 415 g/mol. The maximum atomic E-state index is 12.6. The molecule has 0 aliphatic carbocycles. The maximum Gasteiger partial charge on any atom is 0.365 e. The van der Waals surface area contributed by atoms with Crippen molar-refractivity contribution in [1.29, 1.82) is 0 Å². The number of ether oxygens (including phenoxy) is 2. The van der Waals surface area contributed by atoms with Gasteiger partial charge in [0, 0.05) is 10.6 Å². The lowest BCUT2D eigenvalue weighted by Crippen LogP contribution is -2.34. The average Bonchev–Trinajstić information content (AvgIpc) is 2.73. The Morgan fingerprint density at radius 2 is 1.86 bits per heavy atom. The lowest BCUT2D eigenvalue weighted by Gasteiger charge is -2.15. The Labute approximate surface area is 172 Å². The highest BCUT2D eigenvalue weighted by molar-refractivity contribution is 6.31. The molecule has 29 heavy (non-hydrogen) atoms. The fourth-order valence-corrected chi connectivity index (χ4v) is 2.81. The van der Waals surface area contributed by atoms with Gasteiger partial charge in [-0.15, -0.1) is 0 Å². The van der Waals surface area contributed by atoms with Gasteiger partial charge < -0.3 is 14.8 Å². The molecular formula is C20H19ClN4O4. The summed E-state index contributed by atoms with van der Waals surface area (Å²) in [5.41, 5.74) is 0.869. The minimum absolute atomic E-state index is 0.396. The first-order chi connectivity index (χ1) is 13.9. The van der Waals surface area contributed by atoms with Crippen LogP contribution in [-0.2, 0) is 4.79 Å². The summed E-state index contributed by atoms with van der Waals surface area (Å²) in [6.45, 7) is 1.55. The summed E-state index contributed by atoms with van der Waals surface area (Å²) in [4.78, 5) is 29.1. The monoisotopic (exact) mass is 414 g/mol. The van der Waals surface area contributed by atoms with Gasteiger partial charge in [0.05, 0.1) is 31.8 Å². The Morgan fingerprint density at radius 1 is 1.14 bits per heavy atom. The summed E-state index contributed by atoms with van der Waals surface area (Å²) in [6.07, 6.45) is 1.44. The normalized spacial score (nSPS) is 11.6. The first-order valence-corrected chi connectivity index (χ1v) is 9.05. The molecule has 3 rings (SSSR count). The largest absolute Gasteiger partial charge is 0.497 e. The van der Waals surface area contributed by atoms with E-state index >= 15 is 0 Å². The molecule has 1 atom stereocenters. The van der Waals surface area contributed by atoms with Crippen molar-refractivity contribution < 1.29 is 14.3 Å². The second-order valence-electron chi connectivity index (χ2n) is 6.11. The van der Waals surface area contributed by atoms with E-state index in [1.165, 1.54) is 13.3 Å². The number of amides is 1. The lowest BCUT2D eigenvalue weighted by atomic mass is 10.1. The number of carbonyl (C=O) groups excluding carboxylic acids is 1. The van der Waals surface area contributed by atoms with Crippen molar-refractivity contribution >= 4 is 23.2 Å². The number of hydrogen-bond acceptors (Lipinski definition) is 6. The molecule has 0 aliphatic heterocycles. The Bertz CT molecular complexity index is 1080. The number of rotatable bonds is 6. The van der Waals surface area contributed by atoms with Gasteiger partial charge in [-0.1, -0.05) is 11.6 Å². The summed E-state index contributed by atoms with van der Waals surface area (Å²) in [7, 11) is 3.05. The second-order valence-corrected chi connectivity index (χ2v) is 6.54. The zero-order chi connectivity index (χ0) is 21.0. The van der Waals surface area contributed by atoms with E-state index in [1.54, 1.807) is 56.5 Å². The van der Waals surface area contributed by atoms with Crippen LogP contribution in [0.4, 0.5) is 5.69 Å². The van der Waals surface area contributed by atoms with Gasteiger partial charge in [0.15, 0.2) is 0 Å². The Kier molecular flexibility index (Phi) is 6.13. The van der Waals surface area contributed by atoms with E-state index in [0.29, 0.717) is 33.5 Å².